The number of halogens is 1. The molecule has 0 aliphatic heterocycles. The molecule has 1 amide bonds. The van der Waals surface area contributed by atoms with Gasteiger partial charge in [0, 0.05) is 16.1 Å². The van der Waals surface area contributed by atoms with E-state index in [0.29, 0.717) is 10.6 Å². The zero-order valence-corrected chi connectivity index (χ0v) is 15.8. The Morgan fingerprint density at radius 2 is 1.59 bits per heavy atom. The molecular weight excluding hydrogens is 392 g/mol. The summed E-state index contributed by atoms with van der Waals surface area (Å²) in [7, 11) is -3.76. The van der Waals surface area contributed by atoms with E-state index in [2.05, 4.69) is 11.8 Å². The second-order valence-electron chi connectivity index (χ2n) is 5.59. The maximum atomic E-state index is 12.0. The van der Waals surface area contributed by atoms with E-state index in [0.717, 1.165) is 16.1 Å². The molecule has 142 valence electrons. The van der Waals surface area contributed by atoms with Crippen molar-refractivity contribution in [2.24, 2.45) is 0 Å². The van der Waals surface area contributed by atoms with Crippen molar-refractivity contribution in [3.63, 3.8) is 0 Å². The van der Waals surface area contributed by atoms with Gasteiger partial charge in [-0.25, -0.2) is 13.9 Å². The number of benzene rings is 2. The quantitative estimate of drug-likeness (QED) is 0.393. The van der Waals surface area contributed by atoms with E-state index >= 15 is 0 Å². The van der Waals surface area contributed by atoms with E-state index in [1.807, 2.05) is 0 Å². The maximum Gasteiger partial charge on any atom is 0.274 e. The van der Waals surface area contributed by atoms with Crippen LogP contribution in [0.15, 0.2) is 48.5 Å². The molecule has 0 aliphatic rings. The van der Waals surface area contributed by atoms with Gasteiger partial charge in [0.25, 0.3) is 5.91 Å². The van der Waals surface area contributed by atoms with Gasteiger partial charge in [-0.15, -0.1) is 0 Å². The molecule has 0 aliphatic carbocycles. The monoisotopic (exact) mass is 408 g/mol. The highest BCUT2D eigenvalue weighted by Crippen LogP contribution is 2.19. The van der Waals surface area contributed by atoms with Crippen molar-refractivity contribution in [2.75, 3.05) is 17.1 Å². The van der Waals surface area contributed by atoms with Gasteiger partial charge in [0.05, 0.1) is 18.5 Å². The Hall–Kier alpha value is -2.57. The Bertz CT molecular complexity index is 964. The number of aliphatic hydroxyl groups excluding tert-OH is 1. The summed E-state index contributed by atoms with van der Waals surface area (Å²) < 4.78 is 24.8. The van der Waals surface area contributed by atoms with Crippen molar-refractivity contribution in [3.8, 4) is 11.8 Å². The summed E-state index contributed by atoms with van der Waals surface area (Å²) >= 11 is 5.82. The van der Waals surface area contributed by atoms with Gasteiger partial charge in [-0.05, 0) is 48.5 Å². The first-order valence-electron chi connectivity index (χ1n) is 7.68. The average molecular weight is 409 g/mol. The number of amides is 1. The van der Waals surface area contributed by atoms with Crippen LogP contribution in [0.2, 0.25) is 5.02 Å². The lowest BCUT2D eigenvalue weighted by Gasteiger charge is -2.24. The van der Waals surface area contributed by atoms with Crippen molar-refractivity contribution < 1.29 is 23.5 Å². The number of hydroxylamine groups is 1. The molecule has 2 aromatic rings. The van der Waals surface area contributed by atoms with E-state index in [1.165, 1.54) is 17.6 Å². The van der Waals surface area contributed by atoms with Crippen molar-refractivity contribution in [3.05, 3.63) is 64.7 Å². The molecular formula is C18H17ClN2O5S. The summed E-state index contributed by atoms with van der Waals surface area (Å²) in [5.41, 5.74) is 2.96. The first-order valence-corrected chi connectivity index (χ1v) is 9.90. The number of carbonyl (C=O) groups excluding carboxylic acids is 1. The largest absolute Gasteiger partial charge is 0.381 e. The van der Waals surface area contributed by atoms with Gasteiger partial charge in [-0.1, -0.05) is 23.4 Å². The smallest absolute Gasteiger partial charge is 0.274 e. The van der Waals surface area contributed by atoms with Crippen LogP contribution >= 0.6 is 11.6 Å². The van der Waals surface area contributed by atoms with Gasteiger partial charge in [0.1, 0.15) is 0 Å². The van der Waals surface area contributed by atoms with Crippen LogP contribution in [-0.4, -0.2) is 43.5 Å². The van der Waals surface area contributed by atoms with E-state index in [4.69, 9.17) is 16.8 Å². The van der Waals surface area contributed by atoms with Crippen LogP contribution in [0.1, 0.15) is 11.1 Å². The minimum Gasteiger partial charge on any atom is -0.381 e. The number of nitrogens with zero attached hydrogens (tertiary/aromatic N) is 1. The Morgan fingerprint density at radius 1 is 1.11 bits per heavy atom. The molecule has 1 atom stereocenters. The number of hydrogen-bond donors (Lipinski definition) is 3. The second-order valence-corrected chi connectivity index (χ2v) is 7.93. The Labute approximate surface area is 162 Å². The lowest BCUT2D eigenvalue weighted by atomic mass is 10.1. The van der Waals surface area contributed by atoms with Crippen molar-refractivity contribution in [1.29, 1.82) is 0 Å². The topological polar surface area (TPSA) is 107 Å². The van der Waals surface area contributed by atoms with E-state index in [9.17, 15) is 18.3 Å². The van der Waals surface area contributed by atoms with Crippen LogP contribution in [0.4, 0.5) is 5.69 Å². The second kappa shape index (κ2) is 8.88. The Kier molecular flexibility index (Phi) is 6.82. The minimum atomic E-state index is -3.76. The number of aliphatic hydroxyl groups is 1. The van der Waals surface area contributed by atoms with Gasteiger partial charge in [0.2, 0.25) is 10.0 Å². The van der Waals surface area contributed by atoms with Crippen LogP contribution in [0, 0.1) is 11.8 Å². The van der Waals surface area contributed by atoms with Crippen LogP contribution in [-0.2, 0) is 14.8 Å². The summed E-state index contributed by atoms with van der Waals surface area (Å²) in [5, 5.41) is 18.8. The molecule has 0 radical (unpaired) electrons. The fourth-order valence-electron chi connectivity index (χ4n) is 2.14. The summed E-state index contributed by atoms with van der Waals surface area (Å²) in [6, 6.07) is 13.3. The molecule has 0 fully saturated rings. The van der Waals surface area contributed by atoms with E-state index in [1.54, 1.807) is 36.4 Å². The molecule has 0 heterocycles. The predicted molar refractivity (Wildman–Crippen MR) is 102 cm³/mol. The fourth-order valence-corrected chi connectivity index (χ4v) is 3.18. The zero-order chi connectivity index (χ0) is 20.0. The first-order chi connectivity index (χ1) is 12.7. The highest BCUT2D eigenvalue weighted by Gasteiger charge is 2.24. The van der Waals surface area contributed by atoms with Gasteiger partial charge in [-0.3, -0.25) is 14.3 Å². The van der Waals surface area contributed by atoms with Crippen molar-refractivity contribution >= 4 is 33.2 Å². The van der Waals surface area contributed by atoms with E-state index in [-0.39, 0.29) is 5.69 Å². The normalized spacial score (nSPS) is 11.9. The standard InChI is InChI=1S/C18H17ClN2O5S/c1-27(25,26)21(12-17(22)18(23)20-24)16-10-6-14(7-11-16)3-2-13-4-8-15(19)9-5-13/h4-11,17,22,24H,12H2,1H3,(H,20,23)/t17-/m0/s1. The molecule has 0 unspecified atom stereocenters. The molecule has 2 aromatic carbocycles. The third-order valence-electron chi connectivity index (χ3n) is 3.50. The fraction of sp³-hybridized carbons (Fsp3) is 0.167. The lowest BCUT2D eigenvalue weighted by molar-refractivity contribution is -0.137. The van der Waals surface area contributed by atoms with Gasteiger partial charge in [-0.2, -0.15) is 0 Å². The zero-order valence-electron chi connectivity index (χ0n) is 14.3. The molecule has 7 nitrogen and oxygen atoms in total. The average Bonchev–Trinajstić information content (AvgIpc) is 2.64. The molecule has 0 bridgehead atoms. The molecule has 0 aromatic heterocycles. The molecule has 0 spiro atoms. The predicted octanol–water partition coefficient (Wildman–Crippen LogP) is 1.37. The highest BCUT2D eigenvalue weighted by molar-refractivity contribution is 7.92. The molecule has 0 saturated carbocycles. The third kappa shape index (κ3) is 5.98. The Morgan fingerprint density at radius 3 is 2.04 bits per heavy atom. The lowest BCUT2D eigenvalue weighted by Crippen LogP contribution is -2.44. The molecule has 27 heavy (non-hydrogen) atoms. The number of rotatable bonds is 5. The summed E-state index contributed by atoms with van der Waals surface area (Å²) in [6.07, 6.45) is -0.778. The number of hydrogen-bond acceptors (Lipinski definition) is 5. The summed E-state index contributed by atoms with van der Waals surface area (Å²) in [6.45, 7) is -0.541. The SMILES string of the molecule is CS(=O)(=O)N(C[C@H](O)C(=O)NO)c1ccc(C#Cc2ccc(Cl)cc2)cc1. The number of anilines is 1. The maximum absolute atomic E-state index is 12.0. The number of carbonyl (C=O) groups is 1. The minimum absolute atomic E-state index is 0.249. The summed E-state index contributed by atoms with van der Waals surface area (Å²) in [5.74, 6) is 4.80. The van der Waals surface area contributed by atoms with Gasteiger partial charge >= 0.3 is 0 Å². The summed E-state index contributed by atoms with van der Waals surface area (Å²) in [4.78, 5) is 11.2. The number of sulfonamides is 1. The van der Waals surface area contributed by atoms with Gasteiger partial charge in [0.15, 0.2) is 6.10 Å². The van der Waals surface area contributed by atoms with Crippen molar-refractivity contribution in [1.82, 2.24) is 5.48 Å². The van der Waals surface area contributed by atoms with Crippen LogP contribution in [0.3, 0.4) is 0 Å². The third-order valence-corrected chi connectivity index (χ3v) is 4.92. The first kappa shape index (κ1) is 20.7. The van der Waals surface area contributed by atoms with E-state index < -0.39 is 28.6 Å². The van der Waals surface area contributed by atoms with Crippen LogP contribution in [0.5, 0.6) is 0 Å². The molecule has 3 N–H and O–H groups in total. The molecule has 0 saturated heterocycles. The van der Waals surface area contributed by atoms with Crippen LogP contribution < -0.4 is 9.79 Å². The molecule has 9 heteroatoms. The Balaban J connectivity index is 2.22. The highest BCUT2D eigenvalue weighted by atomic mass is 35.5. The number of nitrogens with one attached hydrogen (secondary N) is 1. The van der Waals surface area contributed by atoms with Gasteiger partial charge < -0.3 is 5.11 Å². The van der Waals surface area contributed by atoms with Crippen molar-refractivity contribution in [2.45, 2.75) is 6.10 Å². The van der Waals surface area contributed by atoms with Crippen LogP contribution in [0.25, 0.3) is 0 Å². The molecule has 2 rings (SSSR count).